The number of benzene rings is 2. The number of rotatable bonds is 5. The number of carbonyl (C=O) groups is 1. The molecule has 0 atom stereocenters. The molecule has 1 amide bonds. The number of hydrogen-bond acceptors (Lipinski definition) is 5. The van der Waals surface area contributed by atoms with Crippen molar-refractivity contribution >= 4 is 29.0 Å². The van der Waals surface area contributed by atoms with E-state index in [0.717, 1.165) is 11.8 Å². The summed E-state index contributed by atoms with van der Waals surface area (Å²) in [7, 11) is 0. The Labute approximate surface area is 156 Å². The summed E-state index contributed by atoms with van der Waals surface area (Å²) in [6.07, 6.45) is -4.72. The third kappa shape index (κ3) is 4.22. The van der Waals surface area contributed by atoms with E-state index < -0.39 is 12.0 Å². The van der Waals surface area contributed by atoms with Crippen LogP contribution in [0.25, 0.3) is 0 Å². The molecule has 0 bridgehead atoms. The van der Waals surface area contributed by atoms with Crippen LogP contribution < -0.4 is 10.7 Å². The Morgan fingerprint density at radius 3 is 1.96 bits per heavy atom. The number of nitrogens with two attached hydrogens (primary N) is 1. The molecule has 1 aromatic heterocycles. The van der Waals surface area contributed by atoms with E-state index in [-0.39, 0.29) is 16.8 Å². The standard InChI is InChI=1S/C17H14F3N5OS/c18-17(19,20)15-22-23-16(25(15)21)27-11-14(26)24(12-7-3-1-4-8-12)13-9-5-2-6-10-13/h1-10H,11,21H2. The van der Waals surface area contributed by atoms with Gasteiger partial charge >= 0.3 is 6.18 Å². The lowest BCUT2D eigenvalue weighted by Crippen LogP contribution is -2.28. The molecule has 0 saturated carbocycles. The highest BCUT2D eigenvalue weighted by atomic mass is 32.2. The molecular formula is C17H14F3N5OS. The fourth-order valence-corrected chi connectivity index (χ4v) is 3.06. The monoisotopic (exact) mass is 393 g/mol. The molecule has 0 saturated heterocycles. The van der Waals surface area contributed by atoms with Gasteiger partial charge in [-0.15, -0.1) is 10.2 Å². The highest BCUT2D eigenvalue weighted by Gasteiger charge is 2.38. The Morgan fingerprint density at radius 1 is 1.00 bits per heavy atom. The molecule has 0 aliphatic heterocycles. The van der Waals surface area contributed by atoms with Crippen molar-refractivity contribution in [3.05, 3.63) is 66.5 Å². The first-order valence-electron chi connectivity index (χ1n) is 7.71. The molecular weight excluding hydrogens is 379 g/mol. The van der Waals surface area contributed by atoms with Crippen molar-refractivity contribution in [3.8, 4) is 0 Å². The van der Waals surface area contributed by atoms with Gasteiger partial charge in [-0.2, -0.15) is 13.2 Å². The topological polar surface area (TPSA) is 77.0 Å². The Kier molecular flexibility index (Phi) is 5.36. The van der Waals surface area contributed by atoms with Crippen LogP contribution in [0.15, 0.2) is 65.8 Å². The first-order chi connectivity index (χ1) is 12.9. The molecule has 0 radical (unpaired) electrons. The van der Waals surface area contributed by atoms with Gasteiger partial charge in [-0.3, -0.25) is 9.69 Å². The predicted molar refractivity (Wildman–Crippen MR) is 95.9 cm³/mol. The summed E-state index contributed by atoms with van der Waals surface area (Å²) in [5, 5.41) is 6.27. The number of carbonyl (C=O) groups excluding carboxylic acids is 1. The Morgan fingerprint density at radius 2 is 1.52 bits per heavy atom. The molecule has 0 spiro atoms. The van der Waals surface area contributed by atoms with Crippen LogP contribution in [0.4, 0.5) is 24.5 Å². The molecule has 140 valence electrons. The first-order valence-corrected chi connectivity index (χ1v) is 8.70. The van der Waals surface area contributed by atoms with Crippen LogP contribution in [0.3, 0.4) is 0 Å². The fourth-order valence-electron chi connectivity index (χ4n) is 2.35. The SMILES string of the molecule is Nn1c(SCC(=O)N(c2ccccc2)c2ccccc2)nnc1C(F)(F)F. The first kappa shape index (κ1) is 18.8. The lowest BCUT2D eigenvalue weighted by atomic mass is 10.2. The van der Waals surface area contributed by atoms with Crippen molar-refractivity contribution in [1.29, 1.82) is 0 Å². The van der Waals surface area contributed by atoms with Crippen LogP contribution in [0.1, 0.15) is 5.82 Å². The summed E-state index contributed by atoms with van der Waals surface area (Å²) in [5.41, 5.74) is 1.28. The molecule has 3 rings (SSSR count). The van der Waals surface area contributed by atoms with Crippen molar-refractivity contribution in [3.63, 3.8) is 0 Å². The second-order valence-corrected chi connectivity index (χ2v) is 6.31. The van der Waals surface area contributed by atoms with E-state index in [4.69, 9.17) is 5.84 Å². The van der Waals surface area contributed by atoms with Crippen molar-refractivity contribution in [2.75, 3.05) is 16.5 Å². The molecule has 0 aliphatic carbocycles. The van der Waals surface area contributed by atoms with Crippen LogP contribution in [-0.4, -0.2) is 26.5 Å². The minimum Gasteiger partial charge on any atom is -0.335 e. The molecule has 2 aromatic carbocycles. The predicted octanol–water partition coefficient (Wildman–Crippen LogP) is 3.47. The quantitative estimate of drug-likeness (QED) is 0.531. The molecule has 6 nitrogen and oxygen atoms in total. The van der Waals surface area contributed by atoms with E-state index in [0.29, 0.717) is 16.1 Å². The summed E-state index contributed by atoms with van der Waals surface area (Å²) in [5.74, 6) is 3.57. The van der Waals surface area contributed by atoms with Crippen molar-refractivity contribution in [2.45, 2.75) is 11.3 Å². The Hall–Kier alpha value is -3.01. The summed E-state index contributed by atoms with van der Waals surface area (Å²) in [6, 6.07) is 17.9. The van der Waals surface area contributed by atoms with Crippen LogP contribution >= 0.6 is 11.8 Å². The average Bonchev–Trinajstić information content (AvgIpc) is 3.03. The van der Waals surface area contributed by atoms with E-state index >= 15 is 0 Å². The van der Waals surface area contributed by atoms with Gasteiger partial charge in [0.1, 0.15) is 0 Å². The number of halogens is 3. The number of thioether (sulfide) groups is 1. The zero-order chi connectivity index (χ0) is 19.4. The summed E-state index contributed by atoms with van der Waals surface area (Å²) >= 11 is 0.783. The maximum Gasteiger partial charge on any atom is 0.453 e. The number of nitrogens with zero attached hydrogens (tertiary/aromatic N) is 4. The number of anilines is 2. The minimum absolute atomic E-state index is 0.170. The number of aromatic nitrogens is 3. The molecule has 3 aromatic rings. The van der Waals surface area contributed by atoms with E-state index in [9.17, 15) is 18.0 Å². The molecule has 0 fully saturated rings. The highest BCUT2D eigenvalue weighted by Crippen LogP contribution is 2.30. The number of nitrogen functional groups attached to an aromatic ring is 1. The van der Waals surface area contributed by atoms with Crippen LogP contribution in [-0.2, 0) is 11.0 Å². The van der Waals surface area contributed by atoms with E-state index in [1.54, 1.807) is 48.5 Å². The van der Waals surface area contributed by atoms with Crippen LogP contribution in [0.5, 0.6) is 0 Å². The van der Waals surface area contributed by atoms with E-state index in [2.05, 4.69) is 10.2 Å². The summed E-state index contributed by atoms with van der Waals surface area (Å²) in [6.45, 7) is 0. The molecule has 0 aliphatic rings. The highest BCUT2D eigenvalue weighted by molar-refractivity contribution is 7.99. The maximum absolute atomic E-state index is 12.8. The van der Waals surface area contributed by atoms with Crippen molar-refractivity contribution in [1.82, 2.24) is 14.9 Å². The summed E-state index contributed by atoms with van der Waals surface area (Å²) < 4.78 is 38.6. The Balaban J connectivity index is 1.81. The average molecular weight is 393 g/mol. The van der Waals surface area contributed by atoms with Gasteiger partial charge in [0.15, 0.2) is 0 Å². The van der Waals surface area contributed by atoms with Gasteiger partial charge in [0, 0.05) is 11.4 Å². The zero-order valence-electron chi connectivity index (χ0n) is 13.8. The second kappa shape index (κ2) is 7.70. The molecule has 2 N–H and O–H groups in total. The minimum atomic E-state index is -4.72. The smallest absolute Gasteiger partial charge is 0.335 e. The molecule has 27 heavy (non-hydrogen) atoms. The van der Waals surface area contributed by atoms with E-state index in [1.165, 1.54) is 4.90 Å². The molecule has 1 heterocycles. The number of hydrogen-bond donors (Lipinski definition) is 1. The van der Waals surface area contributed by atoms with E-state index in [1.807, 2.05) is 12.1 Å². The molecule has 10 heteroatoms. The van der Waals surface area contributed by atoms with Gasteiger partial charge in [-0.25, -0.2) is 4.68 Å². The fraction of sp³-hybridized carbons (Fsp3) is 0.118. The number of alkyl halides is 3. The lowest BCUT2D eigenvalue weighted by molar-refractivity contribution is -0.146. The summed E-state index contributed by atoms with van der Waals surface area (Å²) in [4.78, 5) is 14.3. The third-order valence-corrected chi connectivity index (χ3v) is 4.45. The maximum atomic E-state index is 12.8. The molecule has 0 unspecified atom stereocenters. The lowest BCUT2D eigenvalue weighted by Gasteiger charge is -2.22. The van der Waals surface area contributed by atoms with Gasteiger partial charge in [-0.05, 0) is 24.3 Å². The van der Waals surface area contributed by atoms with Crippen molar-refractivity contribution < 1.29 is 18.0 Å². The van der Waals surface area contributed by atoms with Gasteiger partial charge in [-0.1, -0.05) is 48.2 Å². The van der Waals surface area contributed by atoms with Gasteiger partial charge in [0.25, 0.3) is 5.82 Å². The third-order valence-electron chi connectivity index (χ3n) is 3.52. The normalized spacial score (nSPS) is 11.4. The van der Waals surface area contributed by atoms with Crippen LogP contribution in [0, 0.1) is 0 Å². The van der Waals surface area contributed by atoms with Crippen molar-refractivity contribution in [2.24, 2.45) is 0 Å². The Bertz CT molecular complexity index is 876. The largest absolute Gasteiger partial charge is 0.453 e. The number of para-hydroxylation sites is 2. The number of amides is 1. The van der Waals surface area contributed by atoms with Gasteiger partial charge in [0.05, 0.1) is 5.75 Å². The van der Waals surface area contributed by atoms with Gasteiger partial charge < -0.3 is 5.84 Å². The van der Waals surface area contributed by atoms with Crippen LogP contribution in [0.2, 0.25) is 0 Å². The van der Waals surface area contributed by atoms with Gasteiger partial charge in [0.2, 0.25) is 11.1 Å². The second-order valence-electron chi connectivity index (χ2n) is 5.36. The zero-order valence-corrected chi connectivity index (χ0v) is 14.6.